The first-order chi connectivity index (χ1) is 12.8. The third-order valence-electron chi connectivity index (χ3n) is 4.91. The second-order valence-corrected chi connectivity index (χ2v) is 9.33. The molecule has 1 atom stereocenters. The molecule has 0 bridgehead atoms. The van der Waals surface area contributed by atoms with Gasteiger partial charge in [-0.25, -0.2) is 12.7 Å². The fraction of sp³-hybridized carbons (Fsp3) is 0.474. The van der Waals surface area contributed by atoms with Crippen molar-refractivity contribution < 1.29 is 18.0 Å². The number of sulfonamides is 1. The molecule has 1 aliphatic carbocycles. The van der Waals surface area contributed by atoms with Crippen LogP contribution in [0.3, 0.4) is 0 Å². The highest BCUT2D eigenvalue weighted by atomic mass is 35.5. The Morgan fingerprint density at radius 2 is 2.11 bits per heavy atom. The second-order valence-electron chi connectivity index (χ2n) is 7.06. The Bertz CT molecular complexity index is 895. The van der Waals surface area contributed by atoms with Gasteiger partial charge in [-0.2, -0.15) is 0 Å². The van der Waals surface area contributed by atoms with Crippen LogP contribution in [-0.2, 0) is 14.8 Å². The van der Waals surface area contributed by atoms with Crippen LogP contribution in [0.15, 0.2) is 29.8 Å². The van der Waals surface area contributed by atoms with Crippen molar-refractivity contribution in [1.29, 1.82) is 0 Å². The standard InChI is InChI=1S/C19H23ClN2O4S/c1-13-12-27(25,26)22(19(13)24)15-7-8-16(17(20)11-15)18(23)21-10-9-14-5-3-2-4-6-14/h5,7-8,11,13H,2-4,6,9-10,12H2,1H3,(H,21,23)/t13-/m1/s1. The van der Waals surface area contributed by atoms with Gasteiger partial charge in [0.25, 0.3) is 5.91 Å². The molecule has 1 aliphatic heterocycles. The summed E-state index contributed by atoms with van der Waals surface area (Å²) in [5.74, 6) is -1.61. The molecule has 0 radical (unpaired) electrons. The number of amides is 2. The molecule has 0 spiro atoms. The molecule has 1 fully saturated rings. The van der Waals surface area contributed by atoms with Crippen molar-refractivity contribution in [3.63, 3.8) is 0 Å². The molecule has 8 heteroatoms. The smallest absolute Gasteiger partial charge is 0.252 e. The van der Waals surface area contributed by atoms with Crippen molar-refractivity contribution in [2.24, 2.45) is 5.92 Å². The van der Waals surface area contributed by atoms with Gasteiger partial charge in [0.2, 0.25) is 15.9 Å². The zero-order valence-electron chi connectivity index (χ0n) is 15.2. The van der Waals surface area contributed by atoms with E-state index in [1.165, 1.54) is 36.6 Å². The number of anilines is 1. The van der Waals surface area contributed by atoms with E-state index in [4.69, 9.17) is 11.6 Å². The van der Waals surface area contributed by atoms with E-state index in [9.17, 15) is 18.0 Å². The first-order valence-corrected chi connectivity index (χ1v) is 11.1. The number of halogens is 1. The topological polar surface area (TPSA) is 83.6 Å². The highest BCUT2D eigenvalue weighted by molar-refractivity contribution is 7.94. The van der Waals surface area contributed by atoms with Crippen LogP contribution >= 0.6 is 11.6 Å². The average molecular weight is 411 g/mol. The highest BCUT2D eigenvalue weighted by Gasteiger charge is 2.42. The maximum absolute atomic E-state index is 12.4. The molecule has 1 aromatic rings. The fourth-order valence-electron chi connectivity index (χ4n) is 3.46. The van der Waals surface area contributed by atoms with E-state index in [0.717, 1.165) is 23.6 Å². The third-order valence-corrected chi connectivity index (χ3v) is 7.09. The summed E-state index contributed by atoms with van der Waals surface area (Å²) in [7, 11) is -3.70. The Morgan fingerprint density at radius 1 is 1.33 bits per heavy atom. The first-order valence-electron chi connectivity index (χ1n) is 9.12. The molecule has 1 aromatic carbocycles. The summed E-state index contributed by atoms with van der Waals surface area (Å²) in [5.41, 5.74) is 1.79. The number of nitrogens with one attached hydrogen (secondary N) is 1. The Kier molecular flexibility index (Phi) is 5.91. The van der Waals surface area contributed by atoms with E-state index in [1.54, 1.807) is 6.92 Å². The normalized spacial score (nSPS) is 21.9. The highest BCUT2D eigenvalue weighted by Crippen LogP contribution is 2.31. The van der Waals surface area contributed by atoms with Crippen LogP contribution in [0.2, 0.25) is 5.02 Å². The van der Waals surface area contributed by atoms with Crippen LogP contribution in [0.4, 0.5) is 5.69 Å². The molecule has 1 saturated heterocycles. The van der Waals surface area contributed by atoms with Crippen molar-refractivity contribution in [3.8, 4) is 0 Å². The van der Waals surface area contributed by atoms with E-state index in [-0.39, 0.29) is 27.9 Å². The Morgan fingerprint density at radius 3 is 2.70 bits per heavy atom. The number of carbonyl (C=O) groups is 2. The van der Waals surface area contributed by atoms with Crippen LogP contribution in [0, 0.1) is 5.92 Å². The fourth-order valence-corrected chi connectivity index (χ4v) is 5.54. The quantitative estimate of drug-likeness (QED) is 0.755. The van der Waals surface area contributed by atoms with E-state index >= 15 is 0 Å². The summed E-state index contributed by atoms with van der Waals surface area (Å²) < 4.78 is 25.1. The summed E-state index contributed by atoms with van der Waals surface area (Å²) in [4.78, 5) is 24.5. The van der Waals surface area contributed by atoms with Crippen molar-refractivity contribution in [2.45, 2.75) is 39.0 Å². The van der Waals surface area contributed by atoms with Crippen LogP contribution < -0.4 is 9.62 Å². The van der Waals surface area contributed by atoms with Crippen molar-refractivity contribution >= 4 is 39.1 Å². The number of hydrogen-bond acceptors (Lipinski definition) is 4. The summed E-state index contributed by atoms with van der Waals surface area (Å²) in [6.07, 6.45) is 7.68. The maximum Gasteiger partial charge on any atom is 0.252 e. The molecule has 0 unspecified atom stereocenters. The van der Waals surface area contributed by atoms with Gasteiger partial charge in [0.1, 0.15) is 0 Å². The minimum absolute atomic E-state index is 0.115. The van der Waals surface area contributed by atoms with Crippen LogP contribution in [-0.4, -0.2) is 32.5 Å². The van der Waals surface area contributed by atoms with E-state index in [2.05, 4.69) is 11.4 Å². The molecule has 3 rings (SSSR count). The number of allylic oxidation sites excluding steroid dienone is 1. The van der Waals surface area contributed by atoms with Gasteiger partial charge < -0.3 is 5.32 Å². The Balaban J connectivity index is 1.68. The molecule has 27 heavy (non-hydrogen) atoms. The summed E-state index contributed by atoms with van der Waals surface area (Å²) in [6.45, 7) is 2.10. The van der Waals surface area contributed by atoms with Crippen molar-refractivity contribution in [2.75, 3.05) is 16.6 Å². The number of carbonyl (C=O) groups excluding carboxylic acids is 2. The number of rotatable bonds is 5. The minimum atomic E-state index is -3.70. The van der Waals surface area contributed by atoms with Crippen LogP contribution in [0.25, 0.3) is 0 Å². The van der Waals surface area contributed by atoms with Crippen LogP contribution in [0.1, 0.15) is 49.4 Å². The number of nitrogens with zero attached hydrogens (tertiary/aromatic N) is 1. The molecule has 0 aromatic heterocycles. The lowest BCUT2D eigenvalue weighted by molar-refractivity contribution is -0.119. The van der Waals surface area contributed by atoms with Crippen molar-refractivity contribution in [3.05, 3.63) is 40.4 Å². The lowest BCUT2D eigenvalue weighted by Gasteiger charge is -2.17. The van der Waals surface area contributed by atoms with Gasteiger partial charge in [-0.05, 0) is 50.3 Å². The van der Waals surface area contributed by atoms with Gasteiger partial charge >= 0.3 is 0 Å². The molecule has 0 saturated carbocycles. The molecule has 1 heterocycles. The van der Waals surface area contributed by atoms with Gasteiger partial charge in [-0.15, -0.1) is 0 Å². The average Bonchev–Trinajstić information content (AvgIpc) is 2.82. The molecule has 146 valence electrons. The lowest BCUT2D eigenvalue weighted by Crippen LogP contribution is -2.30. The summed E-state index contributed by atoms with van der Waals surface area (Å²) in [5, 5.41) is 2.96. The maximum atomic E-state index is 12.4. The van der Waals surface area contributed by atoms with Gasteiger partial charge in [0, 0.05) is 6.54 Å². The Hall–Kier alpha value is -1.86. The van der Waals surface area contributed by atoms with Crippen molar-refractivity contribution in [1.82, 2.24) is 5.32 Å². The van der Waals surface area contributed by atoms with E-state index < -0.39 is 21.8 Å². The van der Waals surface area contributed by atoms with E-state index in [0.29, 0.717) is 6.54 Å². The Labute approximate surface area is 164 Å². The second kappa shape index (κ2) is 8.02. The SMILES string of the molecule is C[C@@H]1CS(=O)(=O)N(c2ccc(C(=O)NCCC3=CCCCC3)c(Cl)c2)C1=O. The third kappa shape index (κ3) is 4.35. The lowest BCUT2D eigenvalue weighted by atomic mass is 9.97. The van der Waals surface area contributed by atoms with Crippen LogP contribution in [0.5, 0.6) is 0 Å². The largest absolute Gasteiger partial charge is 0.352 e. The van der Waals surface area contributed by atoms with Gasteiger partial charge in [0.15, 0.2) is 0 Å². The molecule has 1 N–H and O–H groups in total. The van der Waals surface area contributed by atoms with Gasteiger partial charge in [-0.1, -0.05) is 30.2 Å². The zero-order valence-corrected chi connectivity index (χ0v) is 16.8. The van der Waals surface area contributed by atoms with Gasteiger partial charge in [-0.3, -0.25) is 9.59 Å². The predicted molar refractivity (Wildman–Crippen MR) is 105 cm³/mol. The molecular weight excluding hydrogens is 388 g/mol. The molecule has 2 amide bonds. The number of hydrogen-bond donors (Lipinski definition) is 1. The van der Waals surface area contributed by atoms with E-state index in [1.807, 2.05) is 0 Å². The van der Waals surface area contributed by atoms with Gasteiger partial charge in [0.05, 0.1) is 27.9 Å². The predicted octanol–water partition coefficient (Wildman–Crippen LogP) is 3.27. The zero-order chi connectivity index (χ0) is 19.6. The number of benzene rings is 1. The molecule has 2 aliphatic rings. The molecular formula is C19H23ClN2O4S. The monoisotopic (exact) mass is 410 g/mol. The summed E-state index contributed by atoms with van der Waals surface area (Å²) in [6, 6.07) is 4.25. The minimum Gasteiger partial charge on any atom is -0.352 e. The first kappa shape index (κ1) is 19.9. The molecule has 6 nitrogen and oxygen atoms in total. The summed E-state index contributed by atoms with van der Waals surface area (Å²) >= 11 is 6.20.